The summed E-state index contributed by atoms with van der Waals surface area (Å²) in [5.41, 5.74) is 3.97. The van der Waals surface area contributed by atoms with E-state index in [1.165, 1.54) is 11.3 Å². The molecule has 5 nitrogen and oxygen atoms in total. The van der Waals surface area contributed by atoms with Crippen LogP contribution in [0.3, 0.4) is 0 Å². The first kappa shape index (κ1) is 21.9. The second-order valence-electron chi connectivity index (χ2n) is 8.55. The molecule has 0 spiro atoms. The van der Waals surface area contributed by atoms with E-state index < -0.39 is 5.97 Å². The first-order valence-electron chi connectivity index (χ1n) is 11.1. The third-order valence-electron chi connectivity index (χ3n) is 6.23. The van der Waals surface area contributed by atoms with Crippen molar-refractivity contribution >= 4 is 43.2 Å². The minimum absolute atomic E-state index is 0.0541. The van der Waals surface area contributed by atoms with E-state index in [0.29, 0.717) is 10.4 Å². The van der Waals surface area contributed by atoms with Crippen LogP contribution < -0.4 is 10.9 Å². The molecule has 1 unspecified atom stereocenters. The van der Waals surface area contributed by atoms with E-state index in [2.05, 4.69) is 17.4 Å². The fourth-order valence-corrected chi connectivity index (χ4v) is 5.75. The summed E-state index contributed by atoms with van der Waals surface area (Å²) in [6.07, 6.45) is 0. The van der Waals surface area contributed by atoms with Crippen LogP contribution in [0.4, 0.5) is 5.00 Å². The first-order chi connectivity index (χ1) is 16.3. The Morgan fingerprint density at radius 2 is 1.68 bits per heavy atom. The number of nitrogens with zero attached hydrogens (tertiary/aromatic N) is 1. The number of benzene rings is 3. The van der Waals surface area contributed by atoms with Crippen molar-refractivity contribution in [2.45, 2.75) is 19.9 Å². The number of aromatic carboxylic acids is 1. The van der Waals surface area contributed by atoms with Crippen LogP contribution in [0.5, 0.6) is 0 Å². The van der Waals surface area contributed by atoms with Gasteiger partial charge in [0.25, 0.3) is 5.56 Å². The minimum Gasteiger partial charge on any atom is -0.478 e. The van der Waals surface area contributed by atoms with Gasteiger partial charge in [0, 0.05) is 28.6 Å². The molecular weight excluding hydrogens is 444 g/mol. The van der Waals surface area contributed by atoms with Gasteiger partial charge in [-0.2, -0.15) is 0 Å². The normalized spacial score (nSPS) is 12.2. The van der Waals surface area contributed by atoms with Gasteiger partial charge in [-0.1, -0.05) is 54.6 Å². The van der Waals surface area contributed by atoms with Crippen LogP contribution in [-0.4, -0.2) is 15.6 Å². The van der Waals surface area contributed by atoms with Gasteiger partial charge in [0.15, 0.2) is 0 Å². The lowest BCUT2D eigenvalue weighted by Gasteiger charge is -2.20. The van der Waals surface area contributed by atoms with Gasteiger partial charge in [-0.05, 0) is 54.1 Å². The number of rotatable bonds is 5. The summed E-state index contributed by atoms with van der Waals surface area (Å²) in [6, 6.07) is 23.2. The van der Waals surface area contributed by atoms with Gasteiger partial charge in [0.1, 0.15) is 10.6 Å². The molecule has 2 heterocycles. The molecule has 0 amide bonds. The van der Waals surface area contributed by atoms with Gasteiger partial charge in [-0.3, -0.25) is 4.79 Å². The Labute approximate surface area is 200 Å². The molecule has 0 saturated heterocycles. The molecular formula is C28H24N2O3S. The predicted molar refractivity (Wildman–Crippen MR) is 140 cm³/mol. The Bertz CT molecular complexity index is 1620. The van der Waals surface area contributed by atoms with E-state index in [1.54, 1.807) is 11.6 Å². The van der Waals surface area contributed by atoms with Gasteiger partial charge < -0.3 is 15.0 Å². The third kappa shape index (κ3) is 3.66. The number of aryl methyl sites for hydroxylation is 1. The highest BCUT2D eigenvalue weighted by molar-refractivity contribution is 7.23. The van der Waals surface area contributed by atoms with Crippen molar-refractivity contribution in [1.82, 2.24) is 4.57 Å². The number of pyridine rings is 1. The zero-order chi connectivity index (χ0) is 24.0. The Kier molecular flexibility index (Phi) is 5.46. The predicted octanol–water partition coefficient (Wildman–Crippen LogP) is 6.60. The molecule has 0 aliphatic carbocycles. The lowest BCUT2D eigenvalue weighted by atomic mass is 9.96. The molecule has 0 aliphatic rings. The monoisotopic (exact) mass is 468 g/mol. The van der Waals surface area contributed by atoms with Gasteiger partial charge in [0.2, 0.25) is 0 Å². The maximum atomic E-state index is 13.3. The molecule has 5 aromatic rings. The number of fused-ring (bicyclic) bond motifs is 2. The molecule has 34 heavy (non-hydrogen) atoms. The average molecular weight is 469 g/mol. The Morgan fingerprint density at radius 1 is 0.971 bits per heavy atom. The number of thiophene rings is 1. The molecule has 6 heteroatoms. The number of nitrogens with one attached hydrogen (secondary N) is 1. The number of hydrogen-bond donors (Lipinski definition) is 2. The molecule has 3 aromatic carbocycles. The molecule has 0 saturated carbocycles. The molecule has 0 bridgehead atoms. The molecule has 0 aliphatic heterocycles. The average Bonchev–Trinajstić information content (AvgIpc) is 3.19. The molecule has 2 N–H and O–H groups in total. The fraction of sp³-hybridized carbons (Fsp3) is 0.143. The van der Waals surface area contributed by atoms with Crippen molar-refractivity contribution in [1.29, 1.82) is 0 Å². The van der Waals surface area contributed by atoms with Crippen molar-refractivity contribution in [3.8, 4) is 11.3 Å². The number of carboxylic acids is 1. The highest BCUT2D eigenvalue weighted by Gasteiger charge is 2.21. The van der Waals surface area contributed by atoms with Crippen LogP contribution in [0.1, 0.15) is 34.5 Å². The summed E-state index contributed by atoms with van der Waals surface area (Å²) in [6.45, 7) is 3.98. The standard InChI is InChI=1S/C28H24N2O3S/c1-16-13-20(17(2)29-26-25(28(32)33)19-11-7-8-12-24(19)34-26)21-15-23(18-9-5-4-6-10-18)30(3)27(31)22(21)14-16/h4-15,17,29H,1-3H3,(H,32,33). The van der Waals surface area contributed by atoms with Gasteiger partial charge in [-0.15, -0.1) is 11.3 Å². The van der Waals surface area contributed by atoms with E-state index in [4.69, 9.17) is 0 Å². The van der Waals surface area contributed by atoms with E-state index in [0.717, 1.165) is 37.9 Å². The third-order valence-corrected chi connectivity index (χ3v) is 7.33. The second-order valence-corrected chi connectivity index (χ2v) is 9.60. The summed E-state index contributed by atoms with van der Waals surface area (Å²) < 4.78 is 2.61. The lowest BCUT2D eigenvalue weighted by Crippen LogP contribution is -2.20. The van der Waals surface area contributed by atoms with Crippen LogP contribution in [0.2, 0.25) is 0 Å². The van der Waals surface area contributed by atoms with Crippen molar-refractivity contribution < 1.29 is 9.90 Å². The summed E-state index contributed by atoms with van der Waals surface area (Å²) in [5.74, 6) is -0.957. The summed E-state index contributed by atoms with van der Waals surface area (Å²) in [4.78, 5) is 25.4. The Hall–Kier alpha value is -3.90. The van der Waals surface area contributed by atoms with Gasteiger partial charge in [-0.25, -0.2) is 4.79 Å². The van der Waals surface area contributed by atoms with E-state index in [-0.39, 0.29) is 17.2 Å². The molecule has 170 valence electrons. The van der Waals surface area contributed by atoms with Crippen molar-refractivity contribution in [3.63, 3.8) is 0 Å². The maximum absolute atomic E-state index is 13.3. The lowest BCUT2D eigenvalue weighted by molar-refractivity contribution is 0.0700. The van der Waals surface area contributed by atoms with E-state index in [9.17, 15) is 14.7 Å². The fourth-order valence-electron chi connectivity index (χ4n) is 4.57. The second kappa shape index (κ2) is 8.47. The zero-order valence-corrected chi connectivity index (χ0v) is 19.9. The first-order valence-corrected chi connectivity index (χ1v) is 11.9. The van der Waals surface area contributed by atoms with Crippen LogP contribution in [-0.2, 0) is 7.05 Å². The molecule has 0 radical (unpaired) electrons. The topological polar surface area (TPSA) is 71.3 Å². The van der Waals surface area contributed by atoms with Gasteiger partial charge in [0.05, 0.1) is 5.69 Å². The Morgan fingerprint density at radius 3 is 2.41 bits per heavy atom. The maximum Gasteiger partial charge on any atom is 0.339 e. The largest absolute Gasteiger partial charge is 0.478 e. The highest BCUT2D eigenvalue weighted by atomic mass is 32.1. The van der Waals surface area contributed by atoms with Crippen LogP contribution in [0.25, 0.3) is 32.1 Å². The van der Waals surface area contributed by atoms with Gasteiger partial charge >= 0.3 is 5.97 Å². The minimum atomic E-state index is -0.957. The number of aromatic nitrogens is 1. The number of carboxylic acid groups (broad SMARTS) is 1. The number of anilines is 1. The molecule has 0 fully saturated rings. The van der Waals surface area contributed by atoms with Crippen LogP contribution >= 0.6 is 11.3 Å². The summed E-state index contributed by atoms with van der Waals surface area (Å²) in [7, 11) is 1.80. The van der Waals surface area contributed by atoms with Crippen LogP contribution in [0.15, 0.2) is 77.6 Å². The summed E-state index contributed by atoms with van der Waals surface area (Å²) >= 11 is 1.43. The quantitative estimate of drug-likeness (QED) is 0.305. The van der Waals surface area contributed by atoms with Crippen molar-refractivity contribution in [3.05, 3.63) is 99.8 Å². The SMILES string of the molecule is Cc1cc(C(C)Nc2sc3ccccc3c2C(=O)O)c2cc(-c3ccccc3)n(C)c(=O)c2c1. The number of carbonyl (C=O) groups is 1. The van der Waals surface area contributed by atoms with E-state index >= 15 is 0 Å². The molecule has 2 aromatic heterocycles. The molecule has 5 rings (SSSR count). The van der Waals surface area contributed by atoms with Crippen LogP contribution in [0, 0.1) is 6.92 Å². The number of hydrogen-bond acceptors (Lipinski definition) is 4. The summed E-state index contributed by atoms with van der Waals surface area (Å²) in [5, 5.41) is 16.2. The zero-order valence-electron chi connectivity index (χ0n) is 19.1. The smallest absolute Gasteiger partial charge is 0.339 e. The van der Waals surface area contributed by atoms with Crippen molar-refractivity contribution in [2.75, 3.05) is 5.32 Å². The van der Waals surface area contributed by atoms with Crippen molar-refractivity contribution in [2.24, 2.45) is 7.05 Å². The molecule has 1 atom stereocenters. The highest BCUT2D eigenvalue weighted by Crippen LogP contribution is 2.38. The Balaban J connectivity index is 1.68. The van der Waals surface area contributed by atoms with E-state index in [1.807, 2.05) is 74.5 Å².